The van der Waals surface area contributed by atoms with Gasteiger partial charge in [0.2, 0.25) is 0 Å². The Kier molecular flexibility index (Phi) is 3.66. The first-order valence-corrected chi connectivity index (χ1v) is 6.34. The number of aryl methyl sites for hydroxylation is 2. The van der Waals surface area contributed by atoms with Gasteiger partial charge in [-0.15, -0.1) is 0 Å². The SMILES string of the molecule is Cc1nscc1C(=O)NCc1cc(C(=O)O)c(C)o1. The zero-order valence-corrected chi connectivity index (χ0v) is 11.2. The summed E-state index contributed by atoms with van der Waals surface area (Å²) in [7, 11) is 0. The molecule has 1 amide bonds. The second-order valence-electron chi connectivity index (χ2n) is 3.98. The Morgan fingerprint density at radius 2 is 2.16 bits per heavy atom. The highest BCUT2D eigenvalue weighted by Gasteiger charge is 2.15. The van der Waals surface area contributed by atoms with Crippen LogP contribution in [0.15, 0.2) is 15.9 Å². The average molecular weight is 280 g/mol. The number of carbonyl (C=O) groups excluding carboxylic acids is 1. The predicted molar refractivity (Wildman–Crippen MR) is 68.4 cm³/mol. The first-order valence-electron chi connectivity index (χ1n) is 5.51. The van der Waals surface area contributed by atoms with E-state index in [2.05, 4.69) is 9.69 Å². The molecule has 0 spiro atoms. The number of hydrogen-bond acceptors (Lipinski definition) is 5. The molecular weight excluding hydrogens is 268 g/mol. The maximum atomic E-state index is 11.8. The Balaban J connectivity index is 2.03. The van der Waals surface area contributed by atoms with Crippen LogP contribution in [0.3, 0.4) is 0 Å². The van der Waals surface area contributed by atoms with Crippen molar-refractivity contribution in [2.75, 3.05) is 0 Å². The summed E-state index contributed by atoms with van der Waals surface area (Å²) in [6.45, 7) is 3.47. The molecule has 100 valence electrons. The van der Waals surface area contributed by atoms with E-state index in [-0.39, 0.29) is 18.0 Å². The Bertz CT molecular complexity index is 629. The van der Waals surface area contributed by atoms with E-state index in [0.29, 0.717) is 22.8 Å². The van der Waals surface area contributed by atoms with Crippen LogP contribution in [0.4, 0.5) is 0 Å². The molecule has 2 rings (SSSR count). The van der Waals surface area contributed by atoms with Crippen molar-refractivity contribution in [1.82, 2.24) is 9.69 Å². The minimum atomic E-state index is -1.04. The number of aromatic carboxylic acids is 1. The molecule has 0 saturated carbocycles. The summed E-state index contributed by atoms with van der Waals surface area (Å²) in [6, 6.07) is 1.41. The number of nitrogens with one attached hydrogen (secondary N) is 1. The lowest BCUT2D eigenvalue weighted by Crippen LogP contribution is -2.22. The van der Waals surface area contributed by atoms with Crippen LogP contribution in [0.5, 0.6) is 0 Å². The third kappa shape index (κ3) is 2.82. The van der Waals surface area contributed by atoms with Gasteiger partial charge in [-0.2, -0.15) is 4.37 Å². The minimum absolute atomic E-state index is 0.109. The van der Waals surface area contributed by atoms with E-state index in [4.69, 9.17) is 9.52 Å². The Morgan fingerprint density at radius 1 is 1.42 bits per heavy atom. The number of furan rings is 1. The lowest BCUT2D eigenvalue weighted by atomic mass is 10.2. The number of hydrogen-bond donors (Lipinski definition) is 2. The molecule has 0 aliphatic heterocycles. The number of aromatic nitrogens is 1. The standard InChI is InChI=1S/C12H12N2O4S/c1-6-10(5-19-14-6)11(15)13-4-8-3-9(12(16)17)7(2)18-8/h3,5H,4H2,1-2H3,(H,13,15)(H,16,17). The summed E-state index contributed by atoms with van der Waals surface area (Å²) in [6.07, 6.45) is 0. The van der Waals surface area contributed by atoms with Crippen molar-refractivity contribution < 1.29 is 19.1 Å². The lowest BCUT2D eigenvalue weighted by molar-refractivity contribution is 0.0694. The van der Waals surface area contributed by atoms with Gasteiger partial charge in [-0.05, 0) is 31.4 Å². The van der Waals surface area contributed by atoms with Crippen molar-refractivity contribution >= 4 is 23.4 Å². The van der Waals surface area contributed by atoms with Crippen molar-refractivity contribution in [3.63, 3.8) is 0 Å². The number of nitrogens with zero attached hydrogens (tertiary/aromatic N) is 1. The third-order valence-corrected chi connectivity index (χ3v) is 3.34. The smallest absolute Gasteiger partial charge is 0.339 e. The molecule has 0 aliphatic carbocycles. The zero-order valence-electron chi connectivity index (χ0n) is 10.4. The summed E-state index contributed by atoms with van der Waals surface area (Å²) >= 11 is 1.21. The van der Waals surface area contributed by atoms with Crippen molar-refractivity contribution in [3.8, 4) is 0 Å². The van der Waals surface area contributed by atoms with Gasteiger partial charge in [0.05, 0.1) is 17.8 Å². The second kappa shape index (κ2) is 5.23. The van der Waals surface area contributed by atoms with Crippen LogP contribution < -0.4 is 5.32 Å². The Morgan fingerprint density at radius 3 is 2.68 bits per heavy atom. The molecule has 7 heteroatoms. The molecule has 2 aromatic heterocycles. The molecule has 0 fully saturated rings. The van der Waals surface area contributed by atoms with E-state index < -0.39 is 5.97 Å². The number of amides is 1. The van der Waals surface area contributed by atoms with Gasteiger partial charge in [-0.25, -0.2) is 4.79 Å². The van der Waals surface area contributed by atoms with E-state index in [1.54, 1.807) is 19.2 Å². The van der Waals surface area contributed by atoms with Crippen molar-refractivity contribution in [2.45, 2.75) is 20.4 Å². The van der Waals surface area contributed by atoms with Gasteiger partial charge in [-0.3, -0.25) is 4.79 Å². The molecule has 2 heterocycles. The van der Waals surface area contributed by atoms with Gasteiger partial charge >= 0.3 is 5.97 Å². The molecule has 2 N–H and O–H groups in total. The highest BCUT2D eigenvalue weighted by Crippen LogP contribution is 2.15. The largest absolute Gasteiger partial charge is 0.478 e. The minimum Gasteiger partial charge on any atom is -0.478 e. The number of carboxylic acid groups (broad SMARTS) is 1. The maximum absolute atomic E-state index is 11.8. The average Bonchev–Trinajstić information content (AvgIpc) is 2.92. The Hall–Kier alpha value is -2.15. The number of rotatable bonds is 4. The van der Waals surface area contributed by atoms with E-state index >= 15 is 0 Å². The first-order chi connectivity index (χ1) is 8.99. The van der Waals surface area contributed by atoms with Crippen molar-refractivity contribution in [2.24, 2.45) is 0 Å². The molecular formula is C12H12N2O4S. The van der Waals surface area contributed by atoms with Crippen molar-refractivity contribution in [3.05, 3.63) is 39.8 Å². The topological polar surface area (TPSA) is 92.4 Å². The first kappa shape index (κ1) is 13.3. The summed E-state index contributed by atoms with van der Waals surface area (Å²) < 4.78 is 9.28. The monoisotopic (exact) mass is 280 g/mol. The molecule has 6 nitrogen and oxygen atoms in total. The normalized spacial score (nSPS) is 10.4. The van der Waals surface area contributed by atoms with E-state index in [1.807, 2.05) is 0 Å². The number of carbonyl (C=O) groups is 2. The third-order valence-electron chi connectivity index (χ3n) is 2.62. The van der Waals surface area contributed by atoms with Gasteiger partial charge in [0.1, 0.15) is 17.1 Å². The van der Waals surface area contributed by atoms with Crippen LogP contribution in [0.2, 0.25) is 0 Å². The lowest BCUT2D eigenvalue weighted by Gasteiger charge is -2.01. The molecule has 0 radical (unpaired) electrons. The van der Waals surface area contributed by atoms with Gasteiger partial charge in [0.25, 0.3) is 5.91 Å². The molecule has 0 aliphatic rings. The van der Waals surface area contributed by atoms with E-state index in [0.717, 1.165) is 0 Å². The Labute approximate surface area is 113 Å². The van der Waals surface area contributed by atoms with Gasteiger partial charge in [0, 0.05) is 5.38 Å². The fraction of sp³-hybridized carbons (Fsp3) is 0.250. The number of carboxylic acids is 1. The van der Waals surface area contributed by atoms with Crippen LogP contribution in [0.1, 0.15) is 37.9 Å². The van der Waals surface area contributed by atoms with Gasteiger partial charge < -0.3 is 14.8 Å². The van der Waals surface area contributed by atoms with Crippen LogP contribution >= 0.6 is 11.5 Å². The van der Waals surface area contributed by atoms with Crippen LogP contribution in [0, 0.1) is 13.8 Å². The maximum Gasteiger partial charge on any atom is 0.339 e. The van der Waals surface area contributed by atoms with Gasteiger partial charge in [0.15, 0.2) is 0 Å². The predicted octanol–water partition coefficient (Wildman–Crippen LogP) is 1.98. The molecule has 0 aromatic carbocycles. The highest BCUT2D eigenvalue weighted by molar-refractivity contribution is 7.03. The van der Waals surface area contributed by atoms with Crippen LogP contribution in [-0.2, 0) is 6.54 Å². The van der Waals surface area contributed by atoms with E-state index in [9.17, 15) is 9.59 Å². The molecule has 0 bridgehead atoms. The summed E-state index contributed by atoms with van der Waals surface area (Å²) in [4.78, 5) is 22.7. The van der Waals surface area contributed by atoms with E-state index in [1.165, 1.54) is 17.6 Å². The molecule has 0 atom stereocenters. The molecule has 2 aromatic rings. The second-order valence-corrected chi connectivity index (χ2v) is 4.61. The van der Waals surface area contributed by atoms with Crippen LogP contribution in [0.25, 0.3) is 0 Å². The quantitative estimate of drug-likeness (QED) is 0.893. The molecule has 0 unspecified atom stereocenters. The highest BCUT2D eigenvalue weighted by atomic mass is 32.1. The van der Waals surface area contributed by atoms with Gasteiger partial charge in [-0.1, -0.05) is 0 Å². The fourth-order valence-electron chi connectivity index (χ4n) is 1.62. The summed E-state index contributed by atoms with van der Waals surface area (Å²) in [5.41, 5.74) is 1.30. The van der Waals surface area contributed by atoms with Crippen molar-refractivity contribution in [1.29, 1.82) is 0 Å². The summed E-state index contributed by atoms with van der Waals surface area (Å²) in [5, 5.41) is 13.2. The van der Waals surface area contributed by atoms with Crippen LogP contribution in [-0.4, -0.2) is 21.4 Å². The zero-order chi connectivity index (χ0) is 14.0. The fourth-order valence-corrected chi connectivity index (χ4v) is 2.31. The molecule has 0 saturated heterocycles. The molecule has 19 heavy (non-hydrogen) atoms. The summed E-state index contributed by atoms with van der Waals surface area (Å²) in [5.74, 6) is -0.567.